The molecule has 1 heterocycles. The predicted octanol–water partition coefficient (Wildman–Crippen LogP) is 4.84. The molecule has 5 heteroatoms. The van der Waals surface area contributed by atoms with Gasteiger partial charge in [0.2, 0.25) is 0 Å². The summed E-state index contributed by atoms with van der Waals surface area (Å²) in [4.78, 5) is 12.7. The lowest BCUT2D eigenvalue weighted by Gasteiger charge is -2.23. The number of hydrogen-bond donors (Lipinski definition) is 2. The van der Waals surface area contributed by atoms with E-state index in [-0.39, 0.29) is 23.1 Å². The van der Waals surface area contributed by atoms with Crippen LogP contribution in [0.4, 0.5) is 5.69 Å². The van der Waals surface area contributed by atoms with E-state index >= 15 is 0 Å². The first-order valence-corrected chi connectivity index (χ1v) is 9.84. The molecule has 2 aromatic rings. The van der Waals surface area contributed by atoms with Gasteiger partial charge in [0.05, 0.1) is 12.2 Å². The van der Waals surface area contributed by atoms with E-state index < -0.39 is 0 Å². The van der Waals surface area contributed by atoms with E-state index in [1.165, 1.54) is 0 Å². The van der Waals surface area contributed by atoms with Crippen molar-refractivity contribution in [2.75, 3.05) is 11.9 Å². The van der Waals surface area contributed by atoms with Crippen molar-refractivity contribution in [2.45, 2.75) is 65.6 Å². The van der Waals surface area contributed by atoms with Crippen LogP contribution in [0, 0.1) is 0 Å². The van der Waals surface area contributed by atoms with E-state index in [0.29, 0.717) is 12.3 Å². The Hall–Kier alpha value is -2.27. The van der Waals surface area contributed by atoms with Crippen LogP contribution < -0.4 is 10.6 Å². The fourth-order valence-electron chi connectivity index (χ4n) is 2.84. The molecule has 0 aliphatic rings. The standard InChI is InChI=1S/C23H35N3O2/c1-16(15-28-23(5,6)7)24-21(27)20-13-18(14-26(20)8)17-9-11-19(12-10-17)25-22(2,3)4/h9-14,16,25H,15H2,1-8H3,(H,24,27)/t16-/m0/s1. The lowest BCUT2D eigenvalue weighted by molar-refractivity contribution is -0.0118. The van der Waals surface area contributed by atoms with Crippen molar-refractivity contribution in [2.24, 2.45) is 7.05 Å². The Bertz CT molecular complexity index is 793. The summed E-state index contributed by atoms with van der Waals surface area (Å²) >= 11 is 0. The molecular weight excluding hydrogens is 350 g/mol. The van der Waals surface area contributed by atoms with Gasteiger partial charge in [0.25, 0.3) is 5.91 Å². The van der Waals surface area contributed by atoms with Gasteiger partial charge in [-0.3, -0.25) is 4.79 Å². The summed E-state index contributed by atoms with van der Waals surface area (Å²) in [6, 6.07) is 10.2. The van der Waals surface area contributed by atoms with Gasteiger partial charge >= 0.3 is 0 Å². The molecule has 1 amide bonds. The van der Waals surface area contributed by atoms with E-state index in [1.807, 2.05) is 51.6 Å². The second-order valence-corrected chi connectivity index (χ2v) is 9.48. The average Bonchev–Trinajstić information content (AvgIpc) is 2.93. The quantitative estimate of drug-likeness (QED) is 0.748. The van der Waals surface area contributed by atoms with Crippen molar-refractivity contribution in [3.63, 3.8) is 0 Å². The molecule has 0 saturated heterocycles. The molecule has 0 unspecified atom stereocenters. The zero-order chi connectivity index (χ0) is 21.1. The summed E-state index contributed by atoms with van der Waals surface area (Å²) in [5.41, 5.74) is 3.62. The molecule has 1 atom stereocenters. The zero-order valence-electron chi connectivity index (χ0n) is 18.5. The maximum absolute atomic E-state index is 12.7. The van der Waals surface area contributed by atoms with Crippen LogP contribution in [-0.2, 0) is 11.8 Å². The highest BCUT2D eigenvalue weighted by atomic mass is 16.5. The van der Waals surface area contributed by atoms with Crippen LogP contribution in [0.3, 0.4) is 0 Å². The number of hydrogen-bond acceptors (Lipinski definition) is 3. The predicted molar refractivity (Wildman–Crippen MR) is 117 cm³/mol. The molecule has 2 rings (SSSR count). The highest BCUT2D eigenvalue weighted by Gasteiger charge is 2.17. The van der Waals surface area contributed by atoms with Crippen LogP contribution in [-0.4, -0.2) is 34.3 Å². The molecule has 0 bridgehead atoms. The normalized spacial score (nSPS) is 13.3. The van der Waals surface area contributed by atoms with Crippen molar-refractivity contribution in [3.8, 4) is 11.1 Å². The Morgan fingerprint density at radius 2 is 1.68 bits per heavy atom. The first-order chi connectivity index (χ1) is 12.8. The van der Waals surface area contributed by atoms with Gasteiger partial charge in [-0.1, -0.05) is 12.1 Å². The molecule has 0 aliphatic heterocycles. The summed E-state index contributed by atoms with van der Waals surface area (Å²) < 4.78 is 7.62. The molecule has 5 nitrogen and oxygen atoms in total. The fraction of sp³-hybridized carbons (Fsp3) is 0.522. The number of amides is 1. The van der Waals surface area contributed by atoms with Gasteiger partial charge in [0, 0.05) is 36.1 Å². The van der Waals surface area contributed by atoms with E-state index in [0.717, 1.165) is 16.8 Å². The fourth-order valence-corrected chi connectivity index (χ4v) is 2.84. The largest absolute Gasteiger partial charge is 0.380 e. The molecular formula is C23H35N3O2. The average molecular weight is 386 g/mol. The number of aryl methyl sites for hydroxylation is 1. The molecule has 2 N–H and O–H groups in total. The number of aromatic nitrogens is 1. The molecule has 0 fully saturated rings. The monoisotopic (exact) mass is 385 g/mol. The van der Waals surface area contributed by atoms with Crippen molar-refractivity contribution in [3.05, 3.63) is 42.2 Å². The third kappa shape index (κ3) is 6.71. The summed E-state index contributed by atoms with van der Waals surface area (Å²) in [6.07, 6.45) is 1.98. The SMILES string of the molecule is C[C@@H](COC(C)(C)C)NC(=O)c1cc(-c2ccc(NC(C)(C)C)cc2)cn1C. The first kappa shape index (κ1) is 22.0. The molecule has 0 radical (unpaired) electrons. The van der Waals surface area contributed by atoms with Crippen LogP contribution in [0.25, 0.3) is 11.1 Å². The molecule has 0 spiro atoms. The van der Waals surface area contributed by atoms with Gasteiger partial charge in [0.1, 0.15) is 5.69 Å². The Morgan fingerprint density at radius 1 is 1.07 bits per heavy atom. The van der Waals surface area contributed by atoms with E-state index in [1.54, 1.807) is 0 Å². The second-order valence-electron chi connectivity index (χ2n) is 9.48. The Labute approximate surface area is 169 Å². The van der Waals surface area contributed by atoms with Gasteiger partial charge in [-0.2, -0.15) is 0 Å². The molecule has 154 valence electrons. The van der Waals surface area contributed by atoms with Gasteiger partial charge in [-0.05, 0) is 72.2 Å². The van der Waals surface area contributed by atoms with Gasteiger partial charge in [-0.25, -0.2) is 0 Å². The Kier molecular flexibility index (Phi) is 6.60. The maximum Gasteiger partial charge on any atom is 0.268 e. The summed E-state index contributed by atoms with van der Waals surface area (Å²) in [5, 5.41) is 6.47. The number of nitrogens with one attached hydrogen (secondary N) is 2. The van der Waals surface area contributed by atoms with Crippen molar-refractivity contribution in [1.29, 1.82) is 0 Å². The van der Waals surface area contributed by atoms with Crippen molar-refractivity contribution in [1.82, 2.24) is 9.88 Å². The minimum atomic E-state index is -0.217. The van der Waals surface area contributed by atoms with Crippen LogP contribution >= 0.6 is 0 Å². The molecule has 1 aromatic heterocycles. The van der Waals surface area contributed by atoms with Crippen LogP contribution in [0.5, 0.6) is 0 Å². The minimum Gasteiger partial charge on any atom is -0.380 e. The topological polar surface area (TPSA) is 55.3 Å². The number of ether oxygens (including phenoxy) is 1. The third-order valence-electron chi connectivity index (χ3n) is 4.12. The Balaban J connectivity index is 2.07. The van der Waals surface area contributed by atoms with E-state index in [2.05, 4.69) is 55.7 Å². The first-order valence-electron chi connectivity index (χ1n) is 9.84. The minimum absolute atomic E-state index is 0.0208. The van der Waals surface area contributed by atoms with E-state index in [4.69, 9.17) is 4.74 Å². The van der Waals surface area contributed by atoms with Crippen LogP contribution in [0.2, 0.25) is 0 Å². The van der Waals surface area contributed by atoms with Gasteiger partial charge in [-0.15, -0.1) is 0 Å². The number of carbonyl (C=O) groups excluding carboxylic acids is 1. The van der Waals surface area contributed by atoms with Gasteiger partial charge < -0.3 is 19.9 Å². The highest BCUT2D eigenvalue weighted by Crippen LogP contribution is 2.25. The number of nitrogens with zero attached hydrogens (tertiary/aromatic N) is 1. The highest BCUT2D eigenvalue weighted by molar-refractivity contribution is 5.94. The van der Waals surface area contributed by atoms with Crippen LogP contribution in [0.1, 0.15) is 59.0 Å². The smallest absolute Gasteiger partial charge is 0.268 e. The zero-order valence-corrected chi connectivity index (χ0v) is 18.5. The number of rotatable bonds is 6. The number of carbonyl (C=O) groups is 1. The lowest BCUT2D eigenvalue weighted by Crippen LogP contribution is -2.38. The molecule has 0 aliphatic carbocycles. The second kappa shape index (κ2) is 8.39. The van der Waals surface area contributed by atoms with E-state index in [9.17, 15) is 4.79 Å². The summed E-state index contributed by atoms with van der Waals surface area (Å²) in [5.74, 6) is -0.0928. The lowest BCUT2D eigenvalue weighted by atomic mass is 10.1. The molecule has 0 saturated carbocycles. The third-order valence-corrected chi connectivity index (χ3v) is 4.12. The summed E-state index contributed by atoms with van der Waals surface area (Å²) in [7, 11) is 1.89. The van der Waals surface area contributed by atoms with Gasteiger partial charge in [0.15, 0.2) is 0 Å². The molecule has 28 heavy (non-hydrogen) atoms. The maximum atomic E-state index is 12.7. The Morgan fingerprint density at radius 3 is 2.21 bits per heavy atom. The van der Waals surface area contributed by atoms with Crippen LogP contribution in [0.15, 0.2) is 36.5 Å². The molecule has 1 aromatic carbocycles. The van der Waals surface area contributed by atoms with Crippen molar-refractivity contribution < 1.29 is 9.53 Å². The van der Waals surface area contributed by atoms with Crippen molar-refractivity contribution >= 4 is 11.6 Å². The number of anilines is 1. The summed E-state index contributed by atoms with van der Waals surface area (Å²) in [6.45, 7) is 14.9. The number of benzene rings is 1.